The van der Waals surface area contributed by atoms with Crippen molar-refractivity contribution in [2.75, 3.05) is 13.2 Å². The molecule has 0 amide bonds. The Kier molecular flexibility index (Phi) is 5.46. The van der Waals surface area contributed by atoms with E-state index < -0.39 is 30.5 Å². The highest BCUT2D eigenvalue weighted by Gasteiger charge is 2.41. The summed E-state index contributed by atoms with van der Waals surface area (Å²) in [5.41, 5.74) is 6.11. The SMILES string of the molecule is C=CCO[C@H]1OC[C@H](N)[C@H](O)[C@@H]1OC(=O)c1ccccc1. The third kappa shape index (κ3) is 3.89. The number of esters is 1. The van der Waals surface area contributed by atoms with Crippen LogP contribution < -0.4 is 5.73 Å². The second kappa shape index (κ2) is 7.33. The van der Waals surface area contributed by atoms with Crippen LogP contribution >= 0.6 is 0 Å². The molecule has 21 heavy (non-hydrogen) atoms. The van der Waals surface area contributed by atoms with Gasteiger partial charge in [-0.25, -0.2) is 4.79 Å². The van der Waals surface area contributed by atoms with Gasteiger partial charge in [0.2, 0.25) is 0 Å². The van der Waals surface area contributed by atoms with Gasteiger partial charge in [-0.1, -0.05) is 24.3 Å². The number of hydrogen-bond donors (Lipinski definition) is 2. The molecular weight excluding hydrogens is 274 g/mol. The average molecular weight is 293 g/mol. The zero-order valence-corrected chi connectivity index (χ0v) is 11.6. The zero-order chi connectivity index (χ0) is 15.2. The Bertz CT molecular complexity index is 478. The fourth-order valence-electron chi connectivity index (χ4n) is 2.00. The number of rotatable bonds is 5. The minimum Gasteiger partial charge on any atom is -0.450 e. The van der Waals surface area contributed by atoms with Gasteiger partial charge in [-0.2, -0.15) is 0 Å². The summed E-state index contributed by atoms with van der Waals surface area (Å²) >= 11 is 0. The van der Waals surface area contributed by atoms with Gasteiger partial charge in [0.05, 0.1) is 24.8 Å². The van der Waals surface area contributed by atoms with Crippen molar-refractivity contribution in [2.24, 2.45) is 5.73 Å². The van der Waals surface area contributed by atoms with Gasteiger partial charge in [0, 0.05) is 0 Å². The van der Waals surface area contributed by atoms with E-state index in [0.29, 0.717) is 5.56 Å². The molecule has 0 bridgehead atoms. The lowest BCUT2D eigenvalue weighted by molar-refractivity contribution is -0.243. The van der Waals surface area contributed by atoms with Gasteiger partial charge >= 0.3 is 5.97 Å². The van der Waals surface area contributed by atoms with Crippen molar-refractivity contribution in [1.82, 2.24) is 0 Å². The van der Waals surface area contributed by atoms with E-state index in [1.807, 2.05) is 0 Å². The van der Waals surface area contributed by atoms with Crippen molar-refractivity contribution in [3.8, 4) is 0 Å². The van der Waals surface area contributed by atoms with E-state index in [2.05, 4.69) is 6.58 Å². The molecule has 1 fully saturated rings. The number of aliphatic hydroxyl groups is 1. The molecule has 0 spiro atoms. The Morgan fingerprint density at radius 3 is 2.86 bits per heavy atom. The summed E-state index contributed by atoms with van der Waals surface area (Å²) in [7, 11) is 0. The van der Waals surface area contributed by atoms with Gasteiger partial charge < -0.3 is 25.1 Å². The molecule has 0 saturated carbocycles. The zero-order valence-electron chi connectivity index (χ0n) is 11.6. The largest absolute Gasteiger partial charge is 0.450 e. The molecule has 0 unspecified atom stereocenters. The summed E-state index contributed by atoms with van der Waals surface area (Å²) in [6.45, 7) is 3.88. The summed E-state index contributed by atoms with van der Waals surface area (Å²) in [5.74, 6) is -0.565. The third-order valence-corrected chi connectivity index (χ3v) is 3.13. The van der Waals surface area contributed by atoms with Crippen molar-refractivity contribution in [3.05, 3.63) is 48.6 Å². The summed E-state index contributed by atoms with van der Waals surface area (Å²) in [6.07, 6.45) is -1.37. The van der Waals surface area contributed by atoms with Crippen LogP contribution in [-0.4, -0.2) is 48.8 Å². The average Bonchev–Trinajstić information content (AvgIpc) is 2.52. The van der Waals surface area contributed by atoms with Crippen molar-refractivity contribution in [1.29, 1.82) is 0 Å². The van der Waals surface area contributed by atoms with Crippen LogP contribution in [0, 0.1) is 0 Å². The molecule has 1 aromatic carbocycles. The molecule has 6 nitrogen and oxygen atoms in total. The number of nitrogens with two attached hydrogens (primary N) is 1. The number of carbonyl (C=O) groups excluding carboxylic acids is 1. The molecule has 1 aliphatic heterocycles. The number of carbonyl (C=O) groups is 1. The highest BCUT2D eigenvalue weighted by Crippen LogP contribution is 2.20. The van der Waals surface area contributed by atoms with Crippen LogP contribution in [-0.2, 0) is 14.2 Å². The third-order valence-electron chi connectivity index (χ3n) is 3.13. The molecule has 1 aliphatic rings. The van der Waals surface area contributed by atoms with Crippen molar-refractivity contribution < 1.29 is 24.1 Å². The fourth-order valence-corrected chi connectivity index (χ4v) is 2.00. The van der Waals surface area contributed by atoms with Crippen LogP contribution in [0.25, 0.3) is 0 Å². The van der Waals surface area contributed by atoms with E-state index in [-0.39, 0.29) is 13.2 Å². The number of ether oxygens (including phenoxy) is 3. The Labute approximate surface area is 123 Å². The minimum absolute atomic E-state index is 0.127. The smallest absolute Gasteiger partial charge is 0.338 e. The molecule has 1 saturated heterocycles. The minimum atomic E-state index is -1.05. The number of aliphatic hydroxyl groups excluding tert-OH is 1. The van der Waals surface area contributed by atoms with E-state index in [9.17, 15) is 9.90 Å². The van der Waals surface area contributed by atoms with E-state index in [4.69, 9.17) is 19.9 Å². The lowest BCUT2D eigenvalue weighted by atomic mass is 10.0. The first-order valence-electron chi connectivity index (χ1n) is 6.67. The van der Waals surface area contributed by atoms with Gasteiger partial charge in [0.25, 0.3) is 0 Å². The predicted molar refractivity (Wildman–Crippen MR) is 75.5 cm³/mol. The van der Waals surface area contributed by atoms with Crippen molar-refractivity contribution in [3.63, 3.8) is 0 Å². The van der Waals surface area contributed by atoms with Crippen molar-refractivity contribution >= 4 is 5.97 Å². The van der Waals surface area contributed by atoms with Gasteiger partial charge in [0.1, 0.15) is 6.10 Å². The Morgan fingerprint density at radius 1 is 1.48 bits per heavy atom. The molecular formula is C15H19NO5. The lowest BCUT2D eigenvalue weighted by Gasteiger charge is -2.37. The van der Waals surface area contributed by atoms with Crippen LogP contribution in [0.15, 0.2) is 43.0 Å². The maximum absolute atomic E-state index is 12.1. The van der Waals surface area contributed by atoms with Crippen LogP contribution in [0.2, 0.25) is 0 Å². The summed E-state index contributed by atoms with van der Waals surface area (Å²) in [5, 5.41) is 10.1. The molecule has 1 aromatic rings. The van der Waals surface area contributed by atoms with Crippen LogP contribution in [0.1, 0.15) is 10.4 Å². The summed E-state index contributed by atoms with van der Waals surface area (Å²) in [6, 6.07) is 7.85. The standard InChI is InChI=1S/C15H19NO5/c1-2-8-19-15-13(12(17)11(16)9-20-15)21-14(18)10-6-4-3-5-7-10/h2-7,11-13,15,17H,1,8-9,16H2/t11-,12-,13-,15-/m0/s1. The summed E-state index contributed by atoms with van der Waals surface area (Å²) in [4.78, 5) is 12.1. The van der Waals surface area contributed by atoms with E-state index in [1.165, 1.54) is 0 Å². The fraction of sp³-hybridized carbons (Fsp3) is 0.400. The Hall–Kier alpha value is -1.73. The van der Waals surface area contributed by atoms with Crippen LogP contribution in [0.5, 0.6) is 0 Å². The van der Waals surface area contributed by atoms with E-state index >= 15 is 0 Å². The molecule has 0 aromatic heterocycles. The van der Waals surface area contributed by atoms with Crippen LogP contribution in [0.3, 0.4) is 0 Å². The lowest BCUT2D eigenvalue weighted by Crippen LogP contribution is -2.58. The maximum Gasteiger partial charge on any atom is 0.338 e. The monoisotopic (exact) mass is 293 g/mol. The second-order valence-electron chi connectivity index (χ2n) is 4.71. The topological polar surface area (TPSA) is 91.0 Å². The molecule has 0 radical (unpaired) electrons. The van der Waals surface area contributed by atoms with Gasteiger partial charge in [-0.3, -0.25) is 0 Å². The predicted octanol–water partition coefficient (Wildman–Crippen LogP) is 0.459. The first kappa shape index (κ1) is 15.7. The number of benzene rings is 1. The highest BCUT2D eigenvalue weighted by atomic mass is 16.7. The molecule has 2 rings (SSSR count). The molecule has 4 atom stereocenters. The van der Waals surface area contributed by atoms with E-state index in [1.54, 1.807) is 36.4 Å². The highest BCUT2D eigenvalue weighted by molar-refractivity contribution is 5.89. The first-order chi connectivity index (χ1) is 10.1. The summed E-state index contributed by atoms with van der Waals surface area (Å²) < 4.78 is 16.1. The van der Waals surface area contributed by atoms with Crippen LogP contribution in [0.4, 0.5) is 0 Å². The quantitative estimate of drug-likeness (QED) is 0.605. The molecule has 3 N–H and O–H groups in total. The Morgan fingerprint density at radius 2 is 2.19 bits per heavy atom. The molecule has 1 heterocycles. The van der Waals surface area contributed by atoms with Gasteiger partial charge in [-0.05, 0) is 12.1 Å². The Balaban J connectivity index is 2.08. The molecule has 114 valence electrons. The maximum atomic E-state index is 12.1. The molecule has 0 aliphatic carbocycles. The molecule has 6 heteroatoms. The first-order valence-corrected chi connectivity index (χ1v) is 6.67. The van der Waals surface area contributed by atoms with Gasteiger partial charge in [0.15, 0.2) is 12.4 Å². The number of hydrogen-bond acceptors (Lipinski definition) is 6. The normalized spacial score (nSPS) is 28.9. The second-order valence-corrected chi connectivity index (χ2v) is 4.71. The van der Waals surface area contributed by atoms with E-state index in [0.717, 1.165) is 0 Å². The van der Waals surface area contributed by atoms with Gasteiger partial charge in [-0.15, -0.1) is 6.58 Å². The van der Waals surface area contributed by atoms with Crippen molar-refractivity contribution in [2.45, 2.75) is 24.5 Å².